The molecule has 2 amide bonds. The first-order valence-corrected chi connectivity index (χ1v) is 5.92. The van der Waals surface area contributed by atoms with Crippen LogP contribution in [0.5, 0.6) is 0 Å². The third-order valence-electron chi connectivity index (χ3n) is 3.10. The Bertz CT molecular complexity index is 440. The van der Waals surface area contributed by atoms with Crippen LogP contribution in [0.25, 0.3) is 0 Å². The molecule has 20 heavy (non-hydrogen) atoms. The summed E-state index contributed by atoms with van der Waals surface area (Å²) in [7, 11) is 0. The Labute approximate surface area is 114 Å². The summed E-state index contributed by atoms with van der Waals surface area (Å²) in [6, 6.07) is -1.13. The SMILES string of the molecule is C#CCN(CC1CC1)C(=O)NC(C)(C(=O)O)C(F)(F)F. The van der Waals surface area contributed by atoms with Gasteiger partial charge in [0.1, 0.15) is 0 Å². The van der Waals surface area contributed by atoms with Crippen molar-refractivity contribution >= 4 is 12.0 Å². The van der Waals surface area contributed by atoms with Crippen molar-refractivity contribution in [3.63, 3.8) is 0 Å². The van der Waals surface area contributed by atoms with E-state index in [0.29, 0.717) is 6.92 Å². The number of hydrogen-bond donors (Lipinski definition) is 2. The Morgan fingerprint density at radius 2 is 2.00 bits per heavy atom. The molecule has 0 spiro atoms. The number of rotatable bonds is 5. The fourth-order valence-electron chi connectivity index (χ4n) is 1.48. The number of carbonyl (C=O) groups is 2. The summed E-state index contributed by atoms with van der Waals surface area (Å²) in [6.45, 7) is 0.456. The average Bonchev–Trinajstić information content (AvgIpc) is 3.10. The maximum Gasteiger partial charge on any atom is 0.422 e. The number of carboxylic acid groups (broad SMARTS) is 1. The average molecular weight is 292 g/mol. The molecule has 0 bridgehead atoms. The molecule has 1 unspecified atom stereocenters. The van der Waals surface area contributed by atoms with Gasteiger partial charge in [-0.15, -0.1) is 6.42 Å². The lowest BCUT2D eigenvalue weighted by molar-refractivity contribution is -0.203. The molecular formula is C12H15F3N2O3. The van der Waals surface area contributed by atoms with Gasteiger partial charge in [0.2, 0.25) is 5.54 Å². The van der Waals surface area contributed by atoms with E-state index in [2.05, 4.69) is 5.92 Å². The van der Waals surface area contributed by atoms with E-state index in [1.54, 1.807) is 0 Å². The molecule has 1 saturated carbocycles. The molecule has 1 aliphatic rings. The topological polar surface area (TPSA) is 69.6 Å². The summed E-state index contributed by atoms with van der Waals surface area (Å²) in [5, 5.41) is 10.2. The Balaban J connectivity index is 2.83. The van der Waals surface area contributed by atoms with Gasteiger partial charge in [0.05, 0.1) is 6.54 Å². The van der Waals surface area contributed by atoms with E-state index >= 15 is 0 Å². The van der Waals surface area contributed by atoms with Gasteiger partial charge in [0.15, 0.2) is 0 Å². The number of aliphatic carboxylic acids is 1. The van der Waals surface area contributed by atoms with E-state index in [9.17, 15) is 22.8 Å². The van der Waals surface area contributed by atoms with E-state index in [1.807, 2.05) is 0 Å². The summed E-state index contributed by atoms with van der Waals surface area (Å²) in [5.74, 6) is 0.215. The lowest BCUT2D eigenvalue weighted by Crippen LogP contribution is -2.64. The summed E-state index contributed by atoms with van der Waals surface area (Å²) in [5.41, 5.74) is -3.35. The predicted octanol–water partition coefficient (Wildman–Crippen LogP) is 1.45. The fraction of sp³-hybridized carbons (Fsp3) is 0.667. The lowest BCUT2D eigenvalue weighted by atomic mass is 10.0. The zero-order valence-corrected chi connectivity index (χ0v) is 10.8. The van der Waals surface area contributed by atoms with Crippen LogP contribution in [0.15, 0.2) is 0 Å². The largest absolute Gasteiger partial charge is 0.479 e. The molecule has 0 heterocycles. The van der Waals surface area contributed by atoms with E-state index in [-0.39, 0.29) is 19.0 Å². The minimum Gasteiger partial charge on any atom is -0.479 e. The summed E-state index contributed by atoms with van der Waals surface area (Å²) in [4.78, 5) is 23.7. The highest BCUT2D eigenvalue weighted by Gasteiger charge is 2.58. The van der Waals surface area contributed by atoms with E-state index < -0.39 is 23.7 Å². The number of halogens is 3. The van der Waals surface area contributed by atoms with Crippen molar-refractivity contribution in [2.24, 2.45) is 5.92 Å². The van der Waals surface area contributed by atoms with E-state index in [4.69, 9.17) is 11.5 Å². The molecule has 2 N–H and O–H groups in total. The molecule has 1 atom stereocenters. The van der Waals surface area contributed by atoms with Crippen molar-refractivity contribution in [1.82, 2.24) is 10.2 Å². The minimum atomic E-state index is -5.12. The molecule has 0 aliphatic heterocycles. The molecule has 0 aromatic heterocycles. The van der Waals surface area contributed by atoms with Crippen molar-refractivity contribution in [2.75, 3.05) is 13.1 Å². The third-order valence-corrected chi connectivity index (χ3v) is 3.10. The first kappa shape index (κ1) is 16.1. The zero-order valence-electron chi connectivity index (χ0n) is 10.8. The third kappa shape index (κ3) is 3.56. The van der Waals surface area contributed by atoms with Gasteiger partial charge in [-0.2, -0.15) is 13.2 Å². The van der Waals surface area contributed by atoms with Gasteiger partial charge < -0.3 is 15.3 Å². The maximum atomic E-state index is 12.8. The van der Waals surface area contributed by atoms with Crippen LogP contribution in [0.4, 0.5) is 18.0 Å². The van der Waals surface area contributed by atoms with Crippen LogP contribution in [0, 0.1) is 18.3 Å². The van der Waals surface area contributed by atoms with Crippen LogP contribution in [0.2, 0.25) is 0 Å². The molecule has 112 valence electrons. The van der Waals surface area contributed by atoms with Crippen LogP contribution >= 0.6 is 0 Å². The fourth-order valence-corrected chi connectivity index (χ4v) is 1.48. The van der Waals surface area contributed by atoms with Crippen LogP contribution in [0.1, 0.15) is 19.8 Å². The number of carbonyl (C=O) groups excluding carboxylic acids is 1. The van der Waals surface area contributed by atoms with Crippen molar-refractivity contribution in [2.45, 2.75) is 31.5 Å². The Kier molecular flexibility index (Phi) is 4.53. The first-order valence-electron chi connectivity index (χ1n) is 5.92. The molecule has 1 aliphatic carbocycles. The number of nitrogens with one attached hydrogen (secondary N) is 1. The Hall–Kier alpha value is -1.91. The van der Waals surface area contributed by atoms with Gasteiger partial charge in [-0.05, 0) is 25.7 Å². The monoisotopic (exact) mass is 292 g/mol. The van der Waals surface area contributed by atoms with Gasteiger partial charge in [0.25, 0.3) is 0 Å². The molecule has 8 heteroatoms. The quantitative estimate of drug-likeness (QED) is 0.753. The number of nitrogens with zero attached hydrogens (tertiary/aromatic N) is 1. The van der Waals surface area contributed by atoms with Crippen molar-refractivity contribution in [1.29, 1.82) is 0 Å². The van der Waals surface area contributed by atoms with Crippen molar-refractivity contribution in [3.05, 3.63) is 0 Å². The van der Waals surface area contributed by atoms with Gasteiger partial charge in [0, 0.05) is 6.54 Å². The zero-order chi connectivity index (χ0) is 15.6. The molecule has 5 nitrogen and oxygen atoms in total. The number of carboxylic acids is 1. The second kappa shape index (κ2) is 5.61. The lowest BCUT2D eigenvalue weighted by Gasteiger charge is -2.31. The normalized spacial score (nSPS) is 17.8. The van der Waals surface area contributed by atoms with E-state index in [1.165, 1.54) is 5.32 Å². The van der Waals surface area contributed by atoms with Gasteiger partial charge >= 0.3 is 18.2 Å². The summed E-state index contributed by atoms with van der Waals surface area (Å²) in [6.07, 6.45) is 1.70. The summed E-state index contributed by atoms with van der Waals surface area (Å²) >= 11 is 0. The highest BCUT2D eigenvalue weighted by molar-refractivity contribution is 5.86. The van der Waals surface area contributed by atoms with Crippen molar-refractivity contribution in [3.8, 4) is 12.3 Å². The molecule has 0 aromatic rings. The Morgan fingerprint density at radius 3 is 2.35 bits per heavy atom. The maximum absolute atomic E-state index is 12.8. The van der Waals surface area contributed by atoms with Gasteiger partial charge in [-0.1, -0.05) is 5.92 Å². The van der Waals surface area contributed by atoms with Gasteiger partial charge in [-0.25, -0.2) is 9.59 Å². The second-order valence-corrected chi connectivity index (χ2v) is 4.89. The highest BCUT2D eigenvalue weighted by Crippen LogP contribution is 2.32. The molecule has 1 fully saturated rings. The number of amides is 2. The number of alkyl halides is 3. The number of terminal acetylenes is 1. The van der Waals surface area contributed by atoms with Crippen LogP contribution in [0.3, 0.4) is 0 Å². The standard InChI is InChI=1S/C12H15F3N2O3/c1-3-6-17(7-8-4-5-8)10(20)16-11(2,9(18)19)12(13,14)15/h1,8H,4-7H2,2H3,(H,16,20)(H,18,19). The van der Waals surface area contributed by atoms with Crippen LogP contribution < -0.4 is 5.32 Å². The molecule has 0 aromatic carbocycles. The smallest absolute Gasteiger partial charge is 0.422 e. The Morgan fingerprint density at radius 1 is 1.45 bits per heavy atom. The van der Waals surface area contributed by atoms with Crippen LogP contribution in [-0.2, 0) is 4.79 Å². The first-order chi connectivity index (χ1) is 9.11. The predicted molar refractivity (Wildman–Crippen MR) is 63.8 cm³/mol. The van der Waals surface area contributed by atoms with Crippen molar-refractivity contribution < 1.29 is 27.9 Å². The second-order valence-electron chi connectivity index (χ2n) is 4.89. The molecule has 1 rings (SSSR count). The summed E-state index contributed by atoms with van der Waals surface area (Å²) < 4.78 is 38.4. The number of urea groups is 1. The molecular weight excluding hydrogens is 277 g/mol. The highest BCUT2D eigenvalue weighted by atomic mass is 19.4. The molecule has 0 saturated heterocycles. The van der Waals surface area contributed by atoms with E-state index in [0.717, 1.165) is 17.7 Å². The van der Waals surface area contributed by atoms with Crippen LogP contribution in [-0.4, -0.2) is 46.8 Å². The van der Waals surface area contributed by atoms with Gasteiger partial charge in [-0.3, -0.25) is 0 Å². The number of hydrogen-bond acceptors (Lipinski definition) is 2. The minimum absolute atomic E-state index is 0.171. The molecule has 0 radical (unpaired) electrons.